The molecule has 4 amide bonds. The molecule has 0 bridgehead atoms. The van der Waals surface area contributed by atoms with Gasteiger partial charge in [-0.25, -0.2) is 18.9 Å². The number of barbiturate groups is 1. The summed E-state index contributed by atoms with van der Waals surface area (Å²) in [7, 11) is 0. The lowest BCUT2D eigenvalue weighted by molar-refractivity contribution is -0.139. The normalized spacial score (nSPS) is 15.4. The van der Waals surface area contributed by atoms with Crippen LogP contribution in [0.2, 0.25) is 0 Å². The van der Waals surface area contributed by atoms with Crippen LogP contribution in [0.25, 0.3) is 6.08 Å². The number of carboxylic acid groups (broad SMARTS) is 1. The molecule has 8 nitrogen and oxygen atoms in total. The molecule has 1 aliphatic rings. The second-order valence-corrected chi connectivity index (χ2v) is 6.72. The number of benzene rings is 2. The molecule has 2 N–H and O–H groups in total. The Kier molecular flexibility index (Phi) is 5.74. The fourth-order valence-corrected chi connectivity index (χ4v) is 2.94. The molecule has 1 heterocycles. The molecule has 0 radical (unpaired) electrons. The Morgan fingerprint density at radius 1 is 1.21 bits per heavy atom. The number of nitrogens with one attached hydrogen (secondary N) is 1. The van der Waals surface area contributed by atoms with Gasteiger partial charge in [0.05, 0.1) is 5.69 Å². The number of carbonyl (C=O) groups is 4. The summed E-state index contributed by atoms with van der Waals surface area (Å²) in [6.07, 6.45) is 1.17. The number of nitrogens with zero attached hydrogens (tertiary/aromatic N) is 1. The minimum absolute atomic E-state index is 0.0532. The Morgan fingerprint density at radius 3 is 2.66 bits per heavy atom. The zero-order valence-electron chi connectivity index (χ0n) is 14.5. The van der Waals surface area contributed by atoms with Crippen LogP contribution in [0.3, 0.4) is 0 Å². The van der Waals surface area contributed by atoms with Crippen LogP contribution in [0.15, 0.2) is 52.5 Å². The van der Waals surface area contributed by atoms with Gasteiger partial charge in [-0.15, -0.1) is 0 Å². The van der Waals surface area contributed by atoms with Gasteiger partial charge in [-0.3, -0.25) is 14.9 Å². The van der Waals surface area contributed by atoms with Crippen molar-refractivity contribution in [3.63, 3.8) is 0 Å². The second kappa shape index (κ2) is 8.23. The van der Waals surface area contributed by atoms with E-state index in [1.807, 2.05) is 5.32 Å². The maximum Gasteiger partial charge on any atom is 0.341 e. The molecule has 0 aromatic heterocycles. The SMILES string of the molecule is O=C(O)COc1ccc(Br)cc1/C=C1\C(=O)NC(=O)N(c2cccc(F)c2)C1=O. The lowest BCUT2D eigenvalue weighted by Gasteiger charge is -2.26. The first-order chi connectivity index (χ1) is 13.8. The van der Waals surface area contributed by atoms with E-state index in [4.69, 9.17) is 9.84 Å². The predicted molar refractivity (Wildman–Crippen MR) is 103 cm³/mol. The molecule has 0 spiro atoms. The Morgan fingerprint density at radius 2 is 1.97 bits per heavy atom. The average Bonchev–Trinajstić information content (AvgIpc) is 2.64. The fourth-order valence-electron chi connectivity index (χ4n) is 2.57. The lowest BCUT2D eigenvalue weighted by atomic mass is 10.1. The molecular weight excluding hydrogens is 451 g/mol. The standard InChI is InChI=1S/C19H12BrFN2O6/c20-11-4-5-15(29-9-16(24)25)10(6-11)7-14-17(26)22-19(28)23(18(14)27)13-3-1-2-12(21)8-13/h1-8H,9H2,(H,24,25)(H,22,26,28)/b14-7+. The van der Waals surface area contributed by atoms with Crippen LogP contribution in [0, 0.1) is 5.82 Å². The van der Waals surface area contributed by atoms with E-state index in [1.54, 1.807) is 6.07 Å². The number of halogens is 2. The second-order valence-electron chi connectivity index (χ2n) is 5.80. The summed E-state index contributed by atoms with van der Waals surface area (Å²) < 4.78 is 19.3. The number of anilines is 1. The largest absolute Gasteiger partial charge is 0.481 e. The summed E-state index contributed by atoms with van der Waals surface area (Å²) in [6.45, 7) is -0.633. The highest BCUT2D eigenvalue weighted by molar-refractivity contribution is 9.10. The van der Waals surface area contributed by atoms with Gasteiger partial charge in [-0.2, -0.15) is 0 Å². The van der Waals surface area contributed by atoms with Gasteiger partial charge in [0.15, 0.2) is 6.61 Å². The maximum absolute atomic E-state index is 13.5. The van der Waals surface area contributed by atoms with Crippen LogP contribution in [0.5, 0.6) is 5.75 Å². The first kappa shape index (κ1) is 20.2. The van der Waals surface area contributed by atoms with Crippen LogP contribution >= 0.6 is 15.9 Å². The summed E-state index contributed by atoms with van der Waals surface area (Å²) in [5.74, 6) is -3.68. The highest BCUT2D eigenvalue weighted by Crippen LogP contribution is 2.28. The average molecular weight is 463 g/mol. The number of carboxylic acids is 1. The maximum atomic E-state index is 13.5. The van der Waals surface area contributed by atoms with E-state index in [1.165, 1.54) is 30.3 Å². The molecule has 2 aromatic carbocycles. The Balaban J connectivity index is 2.03. The first-order valence-electron chi connectivity index (χ1n) is 8.07. The lowest BCUT2D eigenvalue weighted by Crippen LogP contribution is -2.54. The molecule has 0 aliphatic carbocycles. The molecule has 29 heavy (non-hydrogen) atoms. The van der Waals surface area contributed by atoms with Crippen molar-refractivity contribution in [3.05, 3.63) is 63.9 Å². The smallest absolute Gasteiger partial charge is 0.341 e. The number of hydrogen-bond donors (Lipinski definition) is 2. The van der Waals surface area contributed by atoms with E-state index < -0.39 is 41.8 Å². The minimum Gasteiger partial charge on any atom is -0.481 e. The Labute approximate surface area is 171 Å². The molecule has 1 fully saturated rings. The van der Waals surface area contributed by atoms with Gasteiger partial charge in [-0.05, 0) is 42.5 Å². The zero-order chi connectivity index (χ0) is 21.1. The van der Waals surface area contributed by atoms with Crippen LogP contribution < -0.4 is 15.0 Å². The molecule has 0 unspecified atom stereocenters. The number of carbonyl (C=O) groups excluding carboxylic acids is 3. The van der Waals surface area contributed by atoms with Crippen molar-refractivity contribution in [2.45, 2.75) is 0 Å². The number of amides is 4. The molecule has 148 valence electrons. The van der Waals surface area contributed by atoms with Gasteiger partial charge < -0.3 is 9.84 Å². The van der Waals surface area contributed by atoms with Crippen LogP contribution in [-0.2, 0) is 14.4 Å². The molecule has 10 heteroatoms. The molecule has 1 aliphatic heterocycles. The van der Waals surface area contributed by atoms with E-state index in [-0.39, 0.29) is 17.0 Å². The van der Waals surface area contributed by atoms with E-state index in [2.05, 4.69) is 15.9 Å². The molecule has 0 saturated carbocycles. The van der Waals surface area contributed by atoms with E-state index in [9.17, 15) is 23.6 Å². The third-order valence-corrected chi connectivity index (χ3v) is 4.28. The van der Waals surface area contributed by atoms with E-state index >= 15 is 0 Å². The quantitative estimate of drug-likeness (QED) is 0.521. The zero-order valence-corrected chi connectivity index (χ0v) is 16.1. The summed E-state index contributed by atoms with van der Waals surface area (Å²) in [5.41, 5.74) is -0.234. The summed E-state index contributed by atoms with van der Waals surface area (Å²) in [4.78, 5) is 48.6. The monoisotopic (exact) mass is 462 g/mol. The number of ether oxygens (including phenoxy) is 1. The highest BCUT2D eigenvalue weighted by atomic mass is 79.9. The van der Waals surface area contributed by atoms with Gasteiger partial charge in [-0.1, -0.05) is 22.0 Å². The van der Waals surface area contributed by atoms with Crippen molar-refractivity contribution in [2.75, 3.05) is 11.5 Å². The van der Waals surface area contributed by atoms with Crippen molar-refractivity contribution in [1.29, 1.82) is 0 Å². The fraction of sp³-hybridized carbons (Fsp3) is 0.0526. The topological polar surface area (TPSA) is 113 Å². The number of hydrogen-bond acceptors (Lipinski definition) is 5. The molecule has 2 aromatic rings. The number of imide groups is 2. The van der Waals surface area contributed by atoms with Crippen molar-refractivity contribution in [3.8, 4) is 5.75 Å². The van der Waals surface area contributed by atoms with Crippen LogP contribution in [0.4, 0.5) is 14.9 Å². The minimum atomic E-state index is -1.21. The van der Waals surface area contributed by atoms with Crippen LogP contribution in [-0.4, -0.2) is 35.5 Å². The van der Waals surface area contributed by atoms with Gasteiger partial charge in [0.2, 0.25) is 0 Å². The third-order valence-electron chi connectivity index (χ3n) is 3.79. The number of rotatable bonds is 5. The Bertz CT molecular complexity index is 1070. The van der Waals surface area contributed by atoms with Crippen molar-refractivity contribution < 1.29 is 33.4 Å². The van der Waals surface area contributed by atoms with E-state index in [0.29, 0.717) is 9.37 Å². The predicted octanol–water partition coefficient (Wildman–Crippen LogP) is 2.72. The number of aliphatic carboxylic acids is 1. The van der Waals surface area contributed by atoms with Crippen molar-refractivity contribution in [2.24, 2.45) is 0 Å². The number of urea groups is 1. The van der Waals surface area contributed by atoms with E-state index in [0.717, 1.165) is 12.1 Å². The van der Waals surface area contributed by atoms with Crippen LogP contribution in [0.1, 0.15) is 5.56 Å². The van der Waals surface area contributed by atoms with Gasteiger partial charge >= 0.3 is 12.0 Å². The van der Waals surface area contributed by atoms with Gasteiger partial charge in [0.1, 0.15) is 17.1 Å². The molecule has 3 rings (SSSR count). The summed E-state index contributed by atoms with van der Waals surface area (Å²) in [5, 5.41) is 10.8. The van der Waals surface area contributed by atoms with Gasteiger partial charge in [0, 0.05) is 10.0 Å². The van der Waals surface area contributed by atoms with Crippen molar-refractivity contribution in [1.82, 2.24) is 5.32 Å². The molecule has 1 saturated heterocycles. The molecular formula is C19H12BrFN2O6. The van der Waals surface area contributed by atoms with Gasteiger partial charge in [0.25, 0.3) is 11.8 Å². The molecule has 0 atom stereocenters. The summed E-state index contributed by atoms with van der Waals surface area (Å²) in [6, 6.07) is 8.32. The summed E-state index contributed by atoms with van der Waals surface area (Å²) >= 11 is 3.24. The first-order valence-corrected chi connectivity index (χ1v) is 8.86. The Hall–Kier alpha value is -3.53. The highest BCUT2D eigenvalue weighted by Gasteiger charge is 2.37. The van der Waals surface area contributed by atoms with Crippen molar-refractivity contribution >= 4 is 51.5 Å². The third kappa shape index (κ3) is 4.49.